The van der Waals surface area contributed by atoms with E-state index in [1.807, 2.05) is 13.8 Å². The summed E-state index contributed by atoms with van der Waals surface area (Å²) in [7, 11) is 1.64. The molecule has 1 aromatic heterocycles. The second kappa shape index (κ2) is 7.44. The smallest absolute Gasteiger partial charge is 0.317 e. The Morgan fingerprint density at radius 2 is 2.00 bits per heavy atom. The van der Waals surface area contributed by atoms with Crippen LogP contribution >= 0.6 is 0 Å². The summed E-state index contributed by atoms with van der Waals surface area (Å²) in [4.78, 5) is 13.6. The van der Waals surface area contributed by atoms with Gasteiger partial charge in [0.2, 0.25) is 0 Å². The number of aromatic nitrogens is 2. The summed E-state index contributed by atoms with van der Waals surface area (Å²) >= 11 is 0. The highest BCUT2D eigenvalue weighted by Crippen LogP contribution is 2.20. The highest BCUT2D eigenvalue weighted by Gasteiger charge is 2.20. The first-order valence-corrected chi connectivity index (χ1v) is 7.79. The van der Waals surface area contributed by atoms with E-state index in [1.165, 1.54) is 17.0 Å². The first kappa shape index (κ1) is 17.9. The van der Waals surface area contributed by atoms with Crippen LogP contribution in [0.25, 0.3) is 5.69 Å². The number of nitrogens with zero attached hydrogens (tertiary/aromatic N) is 3. The van der Waals surface area contributed by atoms with Crippen molar-refractivity contribution >= 4 is 6.03 Å². The van der Waals surface area contributed by atoms with Gasteiger partial charge in [-0.05, 0) is 45.0 Å². The quantitative estimate of drug-likeness (QED) is 0.882. The Morgan fingerprint density at radius 3 is 2.58 bits per heavy atom. The zero-order valence-corrected chi connectivity index (χ0v) is 14.3. The summed E-state index contributed by atoms with van der Waals surface area (Å²) in [6, 6.07) is 5.29. The summed E-state index contributed by atoms with van der Waals surface area (Å²) in [5.74, 6) is -0.301. The number of hydrogen-bond acceptors (Lipinski definition) is 3. The predicted octanol–water partition coefficient (Wildman–Crippen LogP) is 2.40. The Balaban J connectivity index is 2.15. The van der Waals surface area contributed by atoms with Crippen LogP contribution in [0.5, 0.6) is 0 Å². The van der Waals surface area contributed by atoms with Gasteiger partial charge in [0.15, 0.2) is 0 Å². The van der Waals surface area contributed by atoms with Crippen molar-refractivity contribution in [1.82, 2.24) is 20.0 Å². The number of amides is 2. The van der Waals surface area contributed by atoms with Crippen molar-refractivity contribution in [2.24, 2.45) is 0 Å². The van der Waals surface area contributed by atoms with Crippen LogP contribution in [0.4, 0.5) is 9.18 Å². The van der Waals surface area contributed by atoms with Crippen molar-refractivity contribution in [3.63, 3.8) is 0 Å². The third kappa shape index (κ3) is 3.73. The van der Waals surface area contributed by atoms with Gasteiger partial charge >= 0.3 is 6.03 Å². The third-order valence-electron chi connectivity index (χ3n) is 4.17. The number of carbonyl (C=O) groups is 1. The highest BCUT2D eigenvalue weighted by atomic mass is 19.1. The van der Waals surface area contributed by atoms with E-state index in [9.17, 15) is 9.18 Å². The van der Waals surface area contributed by atoms with E-state index in [-0.39, 0.29) is 30.5 Å². The lowest BCUT2D eigenvalue weighted by molar-refractivity contribution is 0.155. The maximum atomic E-state index is 13.1. The van der Waals surface area contributed by atoms with Gasteiger partial charge in [-0.25, -0.2) is 13.9 Å². The molecule has 0 saturated carbocycles. The number of aliphatic hydroxyl groups is 1. The Morgan fingerprint density at radius 1 is 1.38 bits per heavy atom. The van der Waals surface area contributed by atoms with Crippen molar-refractivity contribution < 1.29 is 14.3 Å². The molecule has 2 unspecified atom stereocenters. The summed E-state index contributed by atoms with van der Waals surface area (Å²) in [5.41, 5.74) is 2.50. The average molecular weight is 334 g/mol. The van der Waals surface area contributed by atoms with Gasteiger partial charge in [0.05, 0.1) is 30.6 Å². The molecule has 0 aliphatic carbocycles. The van der Waals surface area contributed by atoms with E-state index in [0.29, 0.717) is 0 Å². The molecule has 2 atom stereocenters. The summed E-state index contributed by atoms with van der Waals surface area (Å²) in [6.07, 6.45) is 1.69. The molecule has 6 nitrogen and oxygen atoms in total. The number of carbonyl (C=O) groups excluding carboxylic acids is 1. The van der Waals surface area contributed by atoms with Gasteiger partial charge in [0.25, 0.3) is 0 Å². The van der Waals surface area contributed by atoms with Crippen LogP contribution < -0.4 is 5.32 Å². The second-order valence-corrected chi connectivity index (χ2v) is 5.89. The first-order valence-electron chi connectivity index (χ1n) is 7.79. The van der Waals surface area contributed by atoms with Gasteiger partial charge in [-0.2, -0.15) is 5.10 Å². The third-order valence-corrected chi connectivity index (χ3v) is 4.17. The van der Waals surface area contributed by atoms with Crippen molar-refractivity contribution in [1.29, 1.82) is 0 Å². The zero-order valence-electron chi connectivity index (χ0n) is 14.3. The van der Waals surface area contributed by atoms with Crippen LogP contribution in [0.1, 0.15) is 31.1 Å². The molecule has 130 valence electrons. The lowest BCUT2D eigenvalue weighted by Crippen LogP contribution is -2.44. The van der Waals surface area contributed by atoms with Crippen LogP contribution in [-0.2, 0) is 0 Å². The number of urea groups is 1. The molecule has 2 rings (SSSR count). The number of benzene rings is 1. The van der Waals surface area contributed by atoms with Gasteiger partial charge in [-0.1, -0.05) is 0 Å². The summed E-state index contributed by atoms with van der Waals surface area (Å²) < 4.78 is 14.8. The predicted molar refractivity (Wildman–Crippen MR) is 89.5 cm³/mol. The van der Waals surface area contributed by atoms with Crippen molar-refractivity contribution in [2.75, 3.05) is 13.7 Å². The fourth-order valence-corrected chi connectivity index (χ4v) is 2.38. The first-order chi connectivity index (χ1) is 11.3. The van der Waals surface area contributed by atoms with Gasteiger partial charge in [0.1, 0.15) is 5.82 Å². The largest absolute Gasteiger partial charge is 0.394 e. The normalized spacial score (nSPS) is 13.4. The van der Waals surface area contributed by atoms with E-state index in [1.54, 1.807) is 37.0 Å². The number of hydrogen-bond donors (Lipinski definition) is 2. The minimum Gasteiger partial charge on any atom is -0.394 e. The zero-order chi connectivity index (χ0) is 17.9. The van der Waals surface area contributed by atoms with Crippen molar-refractivity contribution in [3.05, 3.63) is 47.5 Å². The number of nitrogens with one attached hydrogen (secondary N) is 1. The molecule has 0 saturated heterocycles. The molecule has 7 heteroatoms. The summed E-state index contributed by atoms with van der Waals surface area (Å²) in [5, 5.41) is 16.4. The van der Waals surface area contributed by atoms with Crippen LogP contribution in [0, 0.1) is 12.7 Å². The van der Waals surface area contributed by atoms with Gasteiger partial charge in [-0.3, -0.25) is 0 Å². The van der Waals surface area contributed by atoms with E-state index in [0.717, 1.165) is 16.9 Å². The molecule has 2 N–H and O–H groups in total. The van der Waals surface area contributed by atoms with Gasteiger partial charge < -0.3 is 15.3 Å². The molecule has 1 aromatic carbocycles. The molecule has 0 fully saturated rings. The second-order valence-electron chi connectivity index (χ2n) is 5.89. The monoisotopic (exact) mass is 334 g/mol. The fraction of sp³-hybridized carbons (Fsp3) is 0.412. The average Bonchev–Trinajstić information content (AvgIpc) is 2.95. The fourth-order valence-electron chi connectivity index (χ4n) is 2.38. The van der Waals surface area contributed by atoms with Gasteiger partial charge in [0, 0.05) is 18.3 Å². The minimum absolute atomic E-state index is 0.0974. The van der Waals surface area contributed by atoms with Crippen LogP contribution in [0.3, 0.4) is 0 Å². The molecule has 0 radical (unpaired) electrons. The Labute approximate surface area is 140 Å². The minimum atomic E-state index is -0.301. The number of likely N-dealkylation sites (N-methyl/N-ethyl adjacent to an activating group) is 1. The molecular formula is C17H23FN4O2. The van der Waals surface area contributed by atoms with Crippen molar-refractivity contribution in [2.45, 2.75) is 32.9 Å². The molecule has 2 aromatic rings. The highest BCUT2D eigenvalue weighted by molar-refractivity contribution is 5.74. The molecule has 0 spiro atoms. The van der Waals surface area contributed by atoms with E-state index < -0.39 is 0 Å². The number of aliphatic hydroxyl groups excluding tert-OH is 1. The molecule has 0 bridgehead atoms. The lowest BCUT2D eigenvalue weighted by Gasteiger charge is -2.25. The van der Waals surface area contributed by atoms with E-state index >= 15 is 0 Å². The summed E-state index contributed by atoms with van der Waals surface area (Å²) in [6.45, 7) is 5.44. The molecule has 1 heterocycles. The van der Waals surface area contributed by atoms with E-state index in [2.05, 4.69) is 10.4 Å². The van der Waals surface area contributed by atoms with Crippen molar-refractivity contribution in [3.8, 4) is 5.69 Å². The topological polar surface area (TPSA) is 70.4 Å². The Bertz CT molecular complexity index is 699. The lowest BCUT2D eigenvalue weighted by atomic mass is 10.1. The maximum absolute atomic E-state index is 13.1. The Hall–Kier alpha value is -2.41. The van der Waals surface area contributed by atoms with Crippen LogP contribution in [0.15, 0.2) is 30.5 Å². The molecule has 24 heavy (non-hydrogen) atoms. The molecular weight excluding hydrogens is 311 g/mol. The maximum Gasteiger partial charge on any atom is 0.317 e. The number of halogens is 1. The Kier molecular flexibility index (Phi) is 5.56. The standard InChI is InChI=1S/C17H23FN4O2/c1-11(10-23)21(4)17(24)20-12(2)16-9-19-22(13(16)3)15-7-5-14(18)6-8-15/h5-9,11-12,23H,10H2,1-4H3,(H,20,24). The number of rotatable bonds is 5. The van der Waals surface area contributed by atoms with Crippen LogP contribution in [-0.4, -0.2) is 45.5 Å². The SMILES string of the molecule is Cc1c(C(C)NC(=O)N(C)C(C)CO)cnn1-c1ccc(F)cc1. The molecule has 0 aliphatic rings. The molecule has 2 amide bonds. The van der Waals surface area contributed by atoms with E-state index in [4.69, 9.17) is 5.11 Å². The van der Waals surface area contributed by atoms with Crippen LogP contribution in [0.2, 0.25) is 0 Å². The molecule has 0 aliphatic heterocycles. The van der Waals surface area contributed by atoms with Gasteiger partial charge in [-0.15, -0.1) is 0 Å².